The number of nitrogens with zero attached hydrogens (tertiary/aromatic N) is 2. The lowest BCUT2D eigenvalue weighted by Crippen LogP contribution is -2.44. The molecule has 2 aromatic rings. The molecule has 1 heterocycles. The summed E-state index contributed by atoms with van der Waals surface area (Å²) in [6, 6.07) is 11.9. The van der Waals surface area contributed by atoms with Gasteiger partial charge in [0.15, 0.2) is 0 Å². The van der Waals surface area contributed by atoms with Crippen LogP contribution in [0.3, 0.4) is 0 Å². The Morgan fingerprint density at radius 2 is 1.43 bits per heavy atom. The van der Waals surface area contributed by atoms with Crippen molar-refractivity contribution in [1.29, 1.82) is 0 Å². The van der Waals surface area contributed by atoms with Gasteiger partial charge in [-0.3, -0.25) is 9.69 Å². The smallest absolute Gasteiger partial charge is 0.315 e. The molecule has 0 saturated carbocycles. The van der Waals surface area contributed by atoms with Gasteiger partial charge in [-0.2, -0.15) is 0 Å². The van der Waals surface area contributed by atoms with Crippen molar-refractivity contribution in [3.05, 3.63) is 71.3 Å². The van der Waals surface area contributed by atoms with E-state index in [9.17, 15) is 18.4 Å². The van der Waals surface area contributed by atoms with Crippen molar-refractivity contribution in [2.45, 2.75) is 19.5 Å². The van der Waals surface area contributed by atoms with Gasteiger partial charge in [0.05, 0.1) is 6.54 Å². The van der Waals surface area contributed by atoms with E-state index in [-0.39, 0.29) is 30.6 Å². The molecule has 160 valence electrons. The summed E-state index contributed by atoms with van der Waals surface area (Å²) in [6.07, 6.45) is 0.837. The van der Waals surface area contributed by atoms with E-state index in [1.54, 1.807) is 29.2 Å². The van der Waals surface area contributed by atoms with Crippen LogP contribution >= 0.6 is 0 Å². The molecule has 0 aliphatic carbocycles. The number of hydrogen-bond donors (Lipinski definition) is 2. The van der Waals surface area contributed by atoms with Gasteiger partial charge in [0.2, 0.25) is 5.91 Å². The van der Waals surface area contributed by atoms with E-state index in [0.717, 1.165) is 30.6 Å². The molecule has 0 aromatic heterocycles. The summed E-state index contributed by atoms with van der Waals surface area (Å²) in [5.74, 6) is -0.710. The lowest BCUT2D eigenvalue weighted by atomic mass is 10.2. The van der Waals surface area contributed by atoms with Crippen molar-refractivity contribution in [1.82, 2.24) is 20.4 Å². The van der Waals surface area contributed by atoms with Gasteiger partial charge in [-0.15, -0.1) is 0 Å². The van der Waals surface area contributed by atoms with Gasteiger partial charge in [-0.1, -0.05) is 24.3 Å². The van der Waals surface area contributed by atoms with Gasteiger partial charge in [0.25, 0.3) is 0 Å². The molecule has 1 fully saturated rings. The Morgan fingerprint density at radius 3 is 2.10 bits per heavy atom. The predicted molar refractivity (Wildman–Crippen MR) is 110 cm³/mol. The Labute approximate surface area is 174 Å². The quantitative estimate of drug-likeness (QED) is 0.761. The molecule has 0 unspecified atom stereocenters. The minimum Gasteiger partial charge on any atom is -0.340 e. The molecule has 3 rings (SSSR count). The van der Waals surface area contributed by atoms with Crippen LogP contribution in [-0.4, -0.2) is 54.5 Å². The van der Waals surface area contributed by atoms with E-state index in [0.29, 0.717) is 19.6 Å². The first-order chi connectivity index (χ1) is 14.5. The van der Waals surface area contributed by atoms with Crippen molar-refractivity contribution in [2.24, 2.45) is 0 Å². The highest BCUT2D eigenvalue weighted by Gasteiger charge is 2.19. The fraction of sp³-hybridized carbons (Fsp3) is 0.364. The number of benzene rings is 2. The van der Waals surface area contributed by atoms with Crippen LogP contribution in [0.15, 0.2) is 48.5 Å². The first-order valence-corrected chi connectivity index (χ1v) is 10.0. The summed E-state index contributed by atoms with van der Waals surface area (Å²) < 4.78 is 25.9. The largest absolute Gasteiger partial charge is 0.340 e. The van der Waals surface area contributed by atoms with Gasteiger partial charge in [0, 0.05) is 39.3 Å². The van der Waals surface area contributed by atoms with E-state index in [2.05, 4.69) is 15.5 Å². The highest BCUT2D eigenvalue weighted by atomic mass is 19.1. The fourth-order valence-electron chi connectivity index (χ4n) is 3.34. The van der Waals surface area contributed by atoms with Crippen molar-refractivity contribution in [3.8, 4) is 0 Å². The molecular formula is C22H26F2N4O2. The van der Waals surface area contributed by atoms with E-state index >= 15 is 0 Å². The van der Waals surface area contributed by atoms with Crippen LogP contribution in [-0.2, 0) is 17.9 Å². The highest BCUT2D eigenvalue weighted by Crippen LogP contribution is 2.10. The number of rotatable bonds is 6. The molecule has 0 radical (unpaired) electrons. The van der Waals surface area contributed by atoms with Gasteiger partial charge in [0.1, 0.15) is 11.6 Å². The zero-order valence-corrected chi connectivity index (χ0v) is 16.7. The molecule has 0 spiro atoms. The number of halogens is 2. The average Bonchev–Trinajstić information content (AvgIpc) is 2.99. The molecular weight excluding hydrogens is 390 g/mol. The summed E-state index contributed by atoms with van der Waals surface area (Å²) in [7, 11) is 0. The zero-order chi connectivity index (χ0) is 21.3. The molecule has 1 aliphatic heterocycles. The Kier molecular flexibility index (Phi) is 7.73. The number of carbonyl (C=O) groups excluding carboxylic acids is 2. The third-order valence-corrected chi connectivity index (χ3v) is 5.03. The van der Waals surface area contributed by atoms with E-state index < -0.39 is 6.03 Å². The van der Waals surface area contributed by atoms with Crippen LogP contribution in [0.2, 0.25) is 0 Å². The van der Waals surface area contributed by atoms with Crippen LogP contribution < -0.4 is 10.6 Å². The SMILES string of the molecule is O=C(NCC(=O)N1CCCN(Cc2ccc(F)cc2)CC1)NCc1ccc(F)cc1. The molecule has 1 saturated heterocycles. The Hall–Kier alpha value is -3.00. The maximum atomic E-state index is 13.0. The number of urea groups is 1. The van der Waals surface area contributed by atoms with Gasteiger partial charge in [-0.05, 0) is 41.8 Å². The maximum absolute atomic E-state index is 13.0. The van der Waals surface area contributed by atoms with Crippen LogP contribution in [0.1, 0.15) is 17.5 Å². The molecule has 8 heteroatoms. The van der Waals surface area contributed by atoms with E-state index in [1.807, 2.05) is 0 Å². The van der Waals surface area contributed by atoms with Crippen molar-refractivity contribution in [2.75, 3.05) is 32.7 Å². The van der Waals surface area contributed by atoms with E-state index in [1.165, 1.54) is 24.3 Å². The summed E-state index contributed by atoms with van der Waals surface area (Å²) in [6.45, 7) is 3.69. The Morgan fingerprint density at radius 1 is 0.800 bits per heavy atom. The van der Waals surface area contributed by atoms with Crippen LogP contribution in [0.4, 0.5) is 13.6 Å². The van der Waals surface area contributed by atoms with Gasteiger partial charge >= 0.3 is 6.03 Å². The minimum atomic E-state index is -0.444. The predicted octanol–water partition coefficient (Wildman–Crippen LogP) is 2.50. The zero-order valence-electron chi connectivity index (χ0n) is 16.7. The second kappa shape index (κ2) is 10.7. The third-order valence-electron chi connectivity index (χ3n) is 5.03. The normalized spacial score (nSPS) is 14.8. The summed E-state index contributed by atoms with van der Waals surface area (Å²) in [5.41, 5.74) is 1.81. The lowest BCUT2D eigenvalue weighted by molar-refractivity contribution is -0.129. The molecule has 2 aromatic carbocycles. The number of hydrogen-bond acceptors (Lipinski definition) is 3. The van der Waals surface area contributed by atoms with Gasteiger partial charge < -0.3 is 15.5 Å². The topological polar surface area (TPSA) is 64.7 Å². The first-order valence-electron chi connectivity index (χ1n) is 10.0. The molecule has 0 bridgehead atoms. The third kappa shape index (κ3) is 6.81. The van der Waals surface area contributed by atoms with Crippen molar-refractivity contribution >= 4 is 11.9 Å². The standard InChI is InChI=1S/C22H26F2N4O2/c23-19-6-2-17(3-7-19)14-25-22(30)26-15-21(29)28-11-1-10-27(12-13-28)16-18-4-8-20(24)9-5-18/h2-9H,1,10-16H2,(H2,25,26,30). The van der Waals surface area contributed by atoms with Crippen molar-refractivity contribution in [3.63, 3.8) is 0 Å². The molecule has 0 atom stereocenters. The van der Waals surface area contributed by atoms with Crippen LogP contribution in [0.5, 0.6) is 0 Å². The second-order valence-corrected chi connectivity index (χ2v) is 7.30. The summed E-state index contributed by atoms with van der Waals surface area (Å²) >= 11 is 0. The van der Waals surface area contributed by atoms with Crippen molar-refractivity contribution < 1.29 is 18.4 Å². The average molecular weight is 416 g/mol. The number of nitrogens with one attached hydrogen (secondary N) is 2. The van der Waals surface area contributed by atoms with Crippen LogP contribution in [0, 0.1) is 11.6 Å². The lowest BCUT2D eigenvalue weighted by Gasteiger charge is -2.22. The first kappa shape index (κ1) is 21.7. The highest BCUT2D eigenvalue weighted by molar-refractivity contribution is 5.84. The molecule has 1 aliphatic rings. The fourth-order valence-corrected chi connectivity index (χ4v) is 3.34. The summed E-state index contributed by atoms with van der Waals surface area (Å²) in [5, 5.41) is 5.22. The van der Waals surface area contributed by atoms with Crippen LogP contribution in [0.25, 0.3) is 0 Å². The Bertz CT molecular complexity index is 843. The number of amides is 3. The Balaban J connectivity index is 1.38. The minimum absolute atomic E-state index is 0.0762. The van der Waals surface area contributed by atoms with Gasteiger partial charge in [-0.25, -0.2) is 13.6 Å². The molecule has 6 nitrogen and oxygen atoms in total. The monoisotopic (exact) mass is 416 g/mol. The maximum Gasteiger partial charge on any atom is 0.315 e. The second-order valence-electron chi connectivity index (χ2n) is 7.30. The molecule has 2 N–H and O–H groups in total. The van der Waals surface area contributed by atoms with E-state index in [4.69, 9.17) is 0 Å². The molecule has 30 heavy (non-hydrogen) atoms. The molecule has 3 amide bonds. The number of carbonyl (C=O) groups is 2. The summed E-state index contributed by atoms with van der Waals surface area (Å²) in [4.78, 5) is 28.4.